The first-order valence-corrected chi connectivity index (χ1v) is 7.33. The summed E-state index contributed by atoms with van der Waals surface area (Å²) in [6.45, 7) is 0. The average molecular weight is 318 g/mol. The molecule has 0 saturated heterocycles. The predicted molar refractivity (Wildman–Crippen MR) is 80.9 cm³/mol. The number of carbonyl (C=O) groups excluding carboxylic acids is 1. The highest BCUT2D eigenvalue weighted by molar-refractivity contribution is 5.95. The number of halogens is 3. The van der Waals surface area contributed by atoms with Gasteiger partial charge >= 0.3 is 6.18 Å². The van der Waals surface area contributed by atoms with Crippen molar-refractivity contribution in [1.82, 2.24) is 0 Å². The van der Waals surface area contributed by atoms with Crippen LogP contribution >= 0.6 is 0 Å². The Morgan fingerprint density at radius 3 is 2.35 bits per heavy atom. The first-order chi connectivity index (χ1) is 10.9. The Kier molecular flexibility index (Phi) is 2.91. The van der Waals surface area contributed by atoms with Gasteiger partial charge in [-0.2, -0.15) is 13.2 Å². The van der Waals surface area contributed by atoms with Gasteiger partial charge in [-0.3, -0.25) is 4.79 Å². The van der Waals surface area contributed by atoms with Crippen molar-refractivity contribution in [3.8, 4) is 0 Å². The molecule has 0 aromatic heterocycles. The molecule has 0 bridgehead atoms. The number of hydrogen-bond acceptors (Lipinski definition) is 2. The lowest BCUT2D eigenvalue weighted by molar-refractivity contribution is -0.137. The maximum atomic E-state index is 12.8. The van der Waals surface area contributed by atoms with Crippen LogP contribution in [0.4, 0.5) is 30.2 Å². The zero-order valence-corrected chi connectivity index (χ0v) is 12.1. The first kappa shape index (κ1) is 14.1. The Labute approximate surface area is 130 Å². The Morgan fingerprint density at radius 2 is 1.57 bits per heavy atom. The molecule has 0 spiro atoms. The van der Waals surface area contributed by atoms with E-state index in [2.05, 4.69) is 10.6 Å². The van der Waals surface area contributed by atoms with Crippen molar-refractivity contribution in [3.05, 3.63) is 52.6 Å². The third-order valence-corrected chi connectivity index (χ3v) is 4.31. The second-order valence-corrected chi connectivity index (χ2v) is 5.89. The average Bonchev–Trinajstić information content (AvgIpc) is 2.49. The summed E-state index contributed by atoms with van der Waals surface area (Å²) in [6.07, 6.45) is -2.63. The van der Waals surface area contributed by atoms with Gasteiger partial charge < -0.3 is 10.6 Å². The van der Waals surface area contributed by atoms with Crippen molar-refractivity contribution in [2.75, 3.05) is 10.6 Å². The number of nitrogens with one attached hydrogen (secondary N) is 2. The van der Waals surface area contributed by atoms with E-state index in [9.17, 15) is 18.0 Å². The van der Waals surface area contributed by atoms with Crippen LogP contribution in [0.3, 0.4) is 0 Å². The van der Waals surface area contributed by atoms with Gasteiger partial charge in [-0.05, 0) is 41.3 Å². The Hall–Kier alpha value is -2.50. The van der Waals surface area contributed by atoms with Crippen molar-refractivity contribution in [1.29, 1.82) is 0 Å². The number of carbonyl (C=O) groups is 1. The summed E-state index contributed by atoms with van der Waals surface area (Å²) >= 11 is 0. The van der Waals surface area contributed by atoms with E-state index < -0.39 is 11.7 Å². The van der Waals surface area contributed by atoms with Gasteiger partial charge in [-0.15, -0.1) is 0 Å². The summed E-state index contributed by atoms with van der Waals surface area (Å²) < 4.78 is 38.5. The number of rotatable bonds is 0. The molecule has 0 unspecified atom stereocenters. The molecule has 6 heteroatoms. The number of alkyl halides is 3. The molecule has 4 rings (SSSR count). The smallest absolute Gasteiger partial charge is 0.355 e. The molecule has 1 amide bonds. The highest BCUT2D eigenvalue weighted by atomic mass is 19.4. The van der Waals surface area contributed by atoms with Gasteiger partial charge in [0.15, 0.2) is 0 Å². The lowest BCUT2D eigenvalue weighted by Gasteiger charge is -2.26. The number of hydrogen-bond donors (Lipinski definition) is 2. The van der Waals surface area contributed by atoms with E-state index in [0.29, 0.717) is 24.9 Å². The van der Waals surface area contributed by atoms with E-state index >= 15 is 0 Å². The zero-order chi connectivity index (χ0) is 16.2. The molecule has 23 heavy (non-hydrogen) atoms. The van der Waals surface area contributed by atoms with Crippen molar-refractivity contribution in [3.63, 3.8) is 0 Å². The highest BCUT2D eigenvalue weighted by Gasteiger charge is 2.31. The molecule has 0 atom stereocenters. The van der Waals surface area contributed by atoms with Crippen LogP contribution in [0, 0.1) is 0 Å². The molecule has 2 heterocycles. The van der Waals surface area contributed by atoms with Crippen LogP contribution in [0.2, 0.25) is 0 Å². The number of fused-ring (bicyclic) bond motifs is 3. The summed E-state index contributed by atoms with van der Waals surface area (Å²) in [4.78, 5) is 11.5. The Balaban J connectivity index is 1.74. The lowest BCUT2D eigenvalue weighted by atomic mass is 9.91. The van der Waals surface area contributed by atoms with E-state index in [0.717, 1.165) is 40.2 Å². The molecular formula is C17H13F3N2O. The second-order valence-electron chi connectivity index (χ2n) is 5.89. The Morgan fingerprint density at radius 1 is 0.826 bits per heavy atom. The topological polar surface area (TPSA) is 41.1 Å². The summed E-state index contributed by atoms with van der Waals surface area (Å²) in [5, 5.41) is 5.88. The van der Waals surface area contributed by atoms with Crippen LogP contribution in [0.5, 0.6) is 0 Å². The van der Waals surface area contributed by atoms with E-state index in [1.165, 1.54) is 6.07 Å². The molecule has 0 radical (unpaired) electrons. The van der Waals surface area contributed by atoms with E-state index in [1.54, 1.807) is 0 Å². The number of benzene rings is 2. The predicted octanol–water partition coefficient (Wildman–Crippen LogP) is 4.24. The van der Waals surface area contributed by atoms with Crippen LogP contribution in [0.15, 0.2) is 30.3 Å². The van der Waals surface area contributed by atoms with E-state index in [-0.39, 0.29) is 5.91 Å². The van der Waals surface area contributed by atoms with Crippen LogP contribution in [0.25, 0.3) is 0 Å². The molecular weight excluding hydrogens is 305 g/mol. The number of aryl methyl sites for hydroxylation is 1. The summed E-state index contributed by atoms with van der Waals surface area (Å²) in [6, 6.07) is 7.61. The fourth-order valence-corrected chi connectivity index (χ4v) is 3.12. The number of anilines is 3. The van der Waals surface area contributed by atoms with Crippen molar-refractivity contribution < 1.29 is 18.0 Å². The Bertz CT molecular complexity index is 827. The molecule has 118 valence electrons. The van der Waals surface area contributed by atoms with Crippen LogP contribution in [-0.2, 0) is 23.8 Å². The minimum absolute atomic E-state index is 0.0342. The molecule has 2 N–H and O–H groups in total. The van der Waals surface area contributed by atoms with Crippen LogP contribution in [-0.4, -0.2) is 5.91 Å². The molecule has 2 aromatic carbocycles. The summed E-state index contributed by atoms with van der Waals surface area (Å²) in [7, 11) is 0. The standard InChI is InChI=1S/C17H13F3N2O/c18-17(19,20)12-3-1-9-5-11-6-10-2-4-16(23)22-14(10)8-15(11)21-13(9)7-12/h1,3,6-8,21H,2,4-5H2,(H,22,23). The van der Waals surface area contributed by atoms with Crippen molar-refractivity contribution >= 4 is 23.0 Å². The maximum Gasteiger partial charge on any atom is 0.416 e. The normalized spacial score (nSPS) is 15.9. The van der Waals surface area contributed by atoms with Gasteiger partial charge in [0.05, 0.1) is 5.56 Å². The van der Waals surface area contributed by atoms with Crippen molar-refractivity contribution in [2.45, 2.75) is 25.4 Å². The van der Waals surface area contributed by atoms with Gasteiger partial charge in [0.1, 0.15) is 0 Å². The van der Waals surface area contributed by atoms with Gasteiger partial charge in [0.2, 0.25) is 5.91 Å². The third kappa shape index (κ3) is 2.44. The molecule has 2 aliphatic heterocycles. The molecule has 2 aromatic rings. The minimum atomic E-state index is -4.36. The molecule has 0 fully saturated rings. The molecule has 0 saturated carbocycles. The largest absolute Gasteiger partial charge is 0.416 e. The molecule has 3 nitrogen and oxygen atoms in total. The SMILES string of the molecule is O=C1CCc2cc3c(cc2N1)Nc1cc(C(F)(F)F)ccc1C3. The zero-order valence-electron chi connectivity index (χ0n) is 12.1. The molecule has 0 aliphatic carbocycles. The fourth-order valence-electron chi connectivity index (χ4n) is 3.12. The highest BCUT2D eigenvalue weighted by Crippen LogP contribution is 2.40. The van der Waals surface area contributed by atoms with E-state index in [4.69, 9.17) is 0 Å². The van der Waals surface area contributed by atoms with E-state index in [1.807, 2.05) is 12.1 Å². The van der Waals surface area contributed by atoms with Gasteiger partial charge in [0.25, 0.3) is 0 Å². The van der Waals surface area contributed by atoms with Crippen LogP contribution in [0.1, 0.15) is 28.7 Å². The fraction of sp³-hybridized carbons (Fsp3) is 0.235. The quantitative estimate of drug-likeness (QED) is 0.651. The van der Waals surface area contributed by atoms with Gasteiger partial charge in [0, 0.05) is 29.9 Å². The second kappa shape index (κ2) is 4.75. The molecule has 2 aliphatic rings. The van der Waals surface area contributed by atoms with Crippen LogP contribution < -0.4 is 10.6 Å². The third-order valence-electron chi connectivity index (χ3n) is 4.31. The minimum Gasteiger partial charge on any atom is -0.355 e. The first-order valence-electron chi connectivity index (χ1n) is 7.33. The lowest BCUT2D eigenvalue weighted by Crippen LogP contribution is -2.20. The summed E-state index contributed by atoms with van der Waals surface area (Å²) in [5.41, 5.74) is 4.23. The monoisotopic (exact) mass is 318 g/mol. The maximum absolute atomic E-state index is 12.8. The van der Waals surface area contributed by atoms with Crippen molar-refractivity contribution in [2.24, 2.45) is 0 Å². The summed E-state index contributed by atoms with van der Waals surface area (Å²) in [5.74, 6) is -0.0342. The number of amides is 1. The van der Waals surface area contributed by atoms with Gasteiger partial charge in [-0.25, -0.2) is 0 Å². The van der Waals surface area contributed by atoms with Gasteiger partial charge in [-0.1, -0.05) is 12.1 Å².